The fourth-order valence-corrected chi connectivity index (χ4v) is 6.41. The summed E-state index contributed by atoms with van der Waals surface area (Å²) in [6, 6.07) is 9.88. The number of rotatable bonds is 7. The van der Waals surface area contributed by atoms with Gasteiger partial charge in [-0.3, -0.25) is 9.59 Å². The number of aromatic nitrogens is 2. The highest BCUT2D eigenvalue weighted by molar-refractivity contribution is 5.81. The average Bonchev–Trinajstić information content (AvgIpc) is 3.23. The summed E-state index contributed by atoms with van der Waals surface area (Å²) in [5.74, 6) is -3.54. The minimum atomic E-state index is -2.90. The Kier molecular flexibility index (Phi) is 7.58. The molecule has 1 N–H and O–H groups in total. The Bertz CT molecular complexity index is 1160. The van der Waals surface area contributed by atoms with Crippen LogP contribution in [0.25, 0.3) is 0 Å². The molecular formula is C29H39F2N5O2. The lowest BCUT2D eigenvalue weighted by Crippen LogP contribution is -2.50. The van der Waals surface area contributed by atoms with Crippen LogP contribution in [-0.2, 0) is 22.6 Å². The summed E-state index contributed by atoms with van der Waals surface area (Å²) >= 11 is 0. The van der Waals surface area contributed by atoms with Crippen molar-refractivity contribution in [3.8, 4) is 0 Å². The molecule has 3 atom stereocenters. The lowest BCUT2D eigenvalue weighted by atomic mass is 9.79. The van der Waals surface area contributed by atoms with Crippen LogP contribution in [-0.4, -0.2) is 62.8 Å². The van der Waals surface area contributed by atoms with Crippen LogP contribution >= 0.6 is 0 Å². The van der Waals surface area contributed by atoms with Crippen molar-refractivity contribution >= 4 is 11.8 Å². The quantitative estimate of drug-likeness (QED) is 0.579. The van der Waals surface area contributed by atoms with Crippen molar-refractivity contribution < 1.29 is 18.4 Å². The summed E-state index contributed by atoms with van der Waals surface area (Å²) in [7, 11) is 0. The Hall–Kier alpha value is -2.81. The molecule has 1 aliphatic carbocycles. The van der Waals surface area contributed by atoms with Crippen molar-refractivity contribution in [2.75, 3.05) is 19.6 Å². The second kappa shape index (κ2) is 10.8. The summed E-state index contributed by atoms with van der Waals surface area (Å²) in [5, 5.41) is 2.96. The zero-order valence-electron chi connectivity index (χ0n) is 22.6. The summed E-state index contributed by atoms with van der Waals surface area (Å²) in [4.78, 5) is 33.9. The van der Waals surface area contributed by atoms with E-state index < -0.39 is 17.7 Å². The number of carbonyl (C=O) groups is 2. The number of fused-ring (bicyclic) bond motifs is 1. The van der Waals surface area contributed by atoms with Crippen LogP contribution < -0.4 is 5.32 Å². The van der Waals surface area contributed by atoms with E-state index in [1.807, 2.05) is 35.2 Å². The average molecular weight is 528 g/mol. The van der Waals surface area contributed by atoms with Crippen LogP contribution in [0.5, 0.6) is 0 Å². The molecule has 3 heterocycles. The molecule has 1 aromatic heterocycles. The molecule has 0 bridgehead atoms. The number of imidazole rings is 1. The third-order valence-corrected chi connectivity index (χ3v) is 8.85. The molecule has 38 heavy (non-hydrogen) atoms. The van der Waals surface area contributed by atoms with Crippen molar-refractivity contribution in [1.29, 1.82) is 0 Å². The van der Waals surface area contributed by atoms with Gasteiger partial charge < -0.3 is 19.7 Å². The van der Waals surface area contributed by atoms with Gasteiger partial charge in [0, 0.05) is 51.5 Å². The molecule has 0 radical (unpaired) electrons. The van der Waals surface area contributed by atoms with Gasteiger partial charge in [0.25, 0.3) is 5.92 Å². The first kappa shape index (κ1) is 26.8. The predicted molar refractivity (Wildman–Crippen MR) is 141 cm³/mol. The van der Waals surface area contributed by atoms with Crippen molar-refractivity contribution in [2.45, 2.75) is 89.9 Å². The summed E-state index contributed by atoms with van der Waals surface area (Å²) < 4.78 is 30.2. The zero-order chi connectivity index (χ0) is 27.0. The van der Waals surface area contributed by atoms with Crippen LogP contribution in [0, 0.1) is 12.8 Å². The minimum absolute atomic E-state index is 0.103. The van der Waals surface area contributed by atoms with Crippen molar-refractivity contribution in [3.05, 3.63) is 53.1 Å². The number of benzene rings is 1. The van der Waals surface area contributed by atoms with E-state index in [4.69, 9.17) is 4.98 Å². The highest BCUT2D eigenvalue weighted by Gasteiger charge is 2.52. The fraction of sp³-hybridized carbons (Fsp3) is 0.621. The fourth-order valence-electron chi connectivity index (χ4n) is 6.41. The molecule has 2 aliphatic heterocycles. The lowest BCUT2D eigenvalue weighted by molar-refractivity contribution is -0.163. The lowest BCUT2D eigenvalue weighted by Gasteiger charge is -2.40. The number of nitrogens with one attached hydrogen (secondary N) is 1. The normalized spacial score (nSPS) is 23.3. The van der Waals surface area contributed by atoms with E-state index in [1.54, 1.807) is 6.92 Å². The molecule has 2 amide bonds. The summed E-state index contributed by atoms with van der Waals surface area (Å²) in [6.07, 6.45) is 3.45. The molecule has 2 fully saturated rings. The molecule has 1 saturated heterocycles. The van der Waals surface area contributed by atoms with Crippen LogP contribution in [0.15, 0.2) is 30.3 Å². The minimum Gasteiger partial charge on any atom is -0.349 e. The topological polar surface area (TPSA) is 70.5 Å². The first-order valence-electron chi connectivity index (χ1n) is 13.9. The molecule has 206 valence electrons. The van der Waals surface area contributed by atoms with Gasteiger partial charge in [0.2, 0.25) is 11.8 Å². The Morgan fingerprint density at radius 3 is 2.45 bits per heavy atom. The smallest absolute Gasteiger partial charge is 0.259 e. The number of carbonyl (C=O) groups excluding carboxylic acids is 2. The van der Waals surface area contributed by atoms with Gasteiger partial charge in [-0.25, -0.2) is 13.8 Å². The molecule has 3 aliphatic rings. The summed E-state index contributed by atoms with van der Waals surface area (Å²) in [6.45, 7) is 9.02. The monoisotopic (exact) mass is 527 g/mol. The van der Waals surface area contributed by atoms with Crippen LogP contribution in [0.3, 0.4) is 0 Å². The van der Waals surface area contributed by atoms with E-state index in [0.29, 0.717) is 19.0 Å². The van der Waals surface area contributed by atoms with Gasteiger partial charge in [-0.2, -0.15) is 0 Å². The largest absolute Gasteiger partial charge is 0.349 e. The molecular weight excluding hydrogens is 488 g/mol. The highest BCUT2D eigenvalue weighted by Crippen LogP contribution is 2.44. The van der Waals surface area contributed by atoms with Gasteiger partial charge in [-0.05, 0) is 45.1 Å². The third kappa shape index (κ3) is 5.35. The Balaban J connectivity index is 1.23. The number of hydrogen-bond acceptors (Lipinski definition) is 4. The van der Waals surface area contributed by atoms with Gasteiger partial charge in [0.1, 0.15) is 11.7 Å². The van der Waals surface area contributed by atoms with Crippen LogP contribution in [0.2, 0.25) is 0 Å². The molecule has 9 heteroatoms. The number of likely N-dealkylation sites (tertiary alicyclic amines) is 1. The number of amides is 2. The van der Waals surface area contributed by atoms with Crippen molar-refractivity contribution in [3.63, 3.8) is 0 Å². The van der Waals surface area contributed by atoms with E-state index in [9.17, 15) is 18.4 Å². The Morgan fingerprint density at radius 2 is 1.84 bits per heavy atom. The second-order valence-corrected chi connectivity index (χ2v) is 11.3. The number of nitrogens with zero attached hydrogens (tertiary/aromatic N) is 4. The predicted octanol–water partition coefficient (Wildman–Crippen LogP) is 4.41. The van der Waals surface area contributed by atoms with Gasteiger partial charge in [0.05, 0.1) is 24.0 Å². The van der Waals surface area contributed by atoms with E-state index >= 15 is 0 Å². The first-order chi connectivity index (χ1) is 18.1. The zero-order valence-corrected chi connectivity index (χ0v) is 22.6. The van der Waals surface area contributed by atoms with E-state index in [1.165, 1.54) is 5.69 Å². The van der Waals surface area contributed by atoms with Gasteiger partial charge in [0.15, 0.2) is 0 Å². The molecule has 1 saturated carbocycles. The number of aryl methyl sites for hydroxylation is 1. The number of hydrogen-bond donors (Lipinski definition) is 1. The van der Waals surface area contributed by atoms with E-state index in [2.05, 4.69) is 28.6 Å². The first-order valence-corrected chi connectivity index (χ1v) is 13.9. The van der Waals surface area contributed by atoms with Gasteiger partial charge in [-0.1, -0.05) is 30.3 Å². The Morgan fingerprint density at radius 1 is 1.13 bits per heavy atom. The maximum absolute atomic E-state index is 13.9. The third-order valence-electron chi connectivity index (χ3n) is 8.85. The molecule has 5 rings (SSSR count). The van der Waals surface area contributed by atoms with E-state index in [0.717, 1.165) is 56.0 Å². The van der Waals surface area contributed by atoms with Crippen LogP contribution in [0.4, 0.5) is 8.78 Å². The molecule has 7 nitrogen and oxygen atoms in total. The van der Waals surface area contributed by atoms with Gasteiger partial charge in [-0.15, -0.1) is 0 Å². The maximum Gasteiger partial charge on any atom is 0.259 e. The summed E-state index contributed by atoms with van der Waals surface area (Å²) in [5.41, 5.74) is 3.24. The maximum atomic E-state index is 13.9. The highest BCUT2D eigenvalue weighted by atomic mass is 19.3. The number of piperidine rings is 1. The number of halogens is 2. The second-order valence-electron chi connectivity index (χ2n) is 11.3. The number of alkyl halides is 2. The standard InChI is InChI=1S/C29H39F2N5O2/c1-19(17-26(22-7-5-4-6-8-22)33-28(38)24-9-13-29(24,30)31)34-14-10-23(11-15-34)36-20(2)32-25-12-16-35(21(3)37)18-27(25)36/h4-8,19,23-24,26H,9-18H2,1-3H3,(H,33,38)/t19?,24?,26-/m0/s1. The van der Waals surface area contributed by atoms with E-state index in [-0.39, 0.29) is 30.8 Å². The molecule has 0 spiro atoms. The van der Waals surface area contributed by atoms with Gasteiger partial charge >= 0.3 is 0 Å². The SMILES string of the molecule is CC(=O)N1CCc2nc(C)n(C3CCN(C(C)C[C@H](NC(=O)C4CCC4(F)F)c4ccccc4)CC3)c2C1. The Labute approximate surface area is 223 Å². The van der Waals surface area contributed by atoms with Crippen molar-refractivity contribution in [1.82, 2.24) is 24.7 Å². The molecule has 1 aromatic carbocycles. The van der Waals surface area contributed by atoms with Crippen molar-refractivity contribution in [2.24, 2.45) is 5.92 Å². The molecule has 2 aromatic rings. The van der Waals surface area contributed by atoms with Crippen LogP contribution in [0.1, 0.15) is 80.8 Å². The molecule has 2 unspecified atom stereocenters.